The summed E-state index contributed by atoms with van der Waals surface area (Å²) in [4.78, 5) is 16.2. The molecule has 0 unspecified atom stereocenters. The highest BCUT2D eigenvalue weighted by Crippen LogP contribution is 2.22. The van der Waals surface area contributed by atoms with Crippen LogP contribution in [-0.2, 0) is 0 Å². The van der Waals surface area contributed by atoms with Gasteiger partial charge in [0.25, 0.3) is 0 Å². The third kappa shape index (κ3) is 3.30. The number of methoxy groups -OCH3 is 1. The maximum absolute atomic E-state index is 12.0. The van der Waals surface area contributed by atoms with E-state index in [-0.39, 0.29) is 5.78 Å². The number of aryl methyl sites for hydroxylation is 1. The minimum absolute atomic E-state index is 0.0618. The van der Waals surface area contributed by atoms with E-state index in [1.807, 2.05) is 19.1 Å². The lowest BCUT2D eigenvalue weighted by Gasteiger charge is -2.02. The summed E-state index contributed by atoms with van der Waals surface area (Å²) in [6.07, 6.45) is 0. The van der Waals surface area contributed by atoms with Gasteiger partial charge in [-0.25, -0.2) is 4.98 Å². The number of ketones is 1. The molecule has 0 aliphatic heterocycles. The van der Waals surface area contributed by atoms with E-state index in [4.69, 9.17) is 4.74 Å². The van der Waals surface area contributed by atoms with Gasteiger partial charge in [-0.15, -0.1) is 0 Å². The number of aromatic nitrogens is 2. The molecule has 2 rings (SSSR count). The van der Waals surface area contributed by atoms with Crippen LogP contribution in [-0.4, -0.2) is 28.0 Å². The van der Waals surface area contributed by atoms with Crippen LogP contribution < -0.4 is 4.74 Å². The Hall–Kier alpha value is -1.40. The van der Waals surface area contributed by atoms with Crippen molar-refractivity contribution in [3.63, 3.8) is 0 Å². The van der Waals surface area contributed by atoms with E-state index in [1.54, 1.807) is 19.2 Å². The van der Waals surface area contributed by atoms with E-state index in [0.29, 0.717) is 17.1 Å². The van der Waals surface area contributed by atoms with Gasteiger partial charge in [0, 0.05) is 5.56 Å². The topological polar surface area (TPSA) is 52.1 Å². The molecule has 0 N–H and O–H groups in total. The molecule has 0 amide bonds. The van der Waals surface area contributed by atoms with E-state index in [1.165, 1.54) is 23.3 Å². The number of benzene rings is 1. The summed E-state index contributed by atoms with van der Waals surface area (Å²) in [5.41, 5.74) is 0.656. The summed E-state index contributed by atoms with van der Waals surface area (Å²) in [5.74, 6) is 1.86. The van der Waals surface area contributed by atoms with Crippen molar-refractivity contribution < 1.29 is 9.53 Å². The molecule has 1 aromatic carbocycles. The first-order valence-corrected chi connectivity index (χ1v) is 7.05. The summed E-state index contributed by atoms with van der Waals surface area (Å²) in [6, 6.07) is 7.16. The molecule has 1 aromatic heterocycles. The monoisotopic (exact) mass is 280 g/mol. The van der Waals surface area contributed by atoms with Crippen molar-refractivity contribution in [2.75, 3.05) is 12.9 Å². The summed E-state index contributed by atoms with van der Waals surface area (Å²) < 4.78 is 9.99. The molecule has 0 radical (unpaired) electrons. The van der Waals surface area contributed by atoms with Crippen molar-refractivity contribution in [2.24, 2.45) is 0 Å². The Labute approximate surface area is 114 Å². The van der Waals surface area contributed by atoms with Crippen LogP contribution in [0.4, 0.5) is 0 Å². The molecule has 94 valence electrons. The first kappa shape index (κ1) is 13.0. The maximum Gasteiger partial charge on any atom is 0.173 e. The van der Waals surface area contributed by atoms with Gasteiger partial charge >= 0.3 is 0 Å². The van der Waals surface area contributed by atoms with Gasteiger partial charge < -0.3 is 4.74 Å². The van der Waals surface area contributed by atoms with Gasteiger partial charge in [-0.2, -0.15) is 4.37 Å². The number of carbonyl (C=O) groups excluding carboxylic acids is 1. The van der Waals surface area contributed by atoms with Crippen molar-refractivity contribution in [2.45, 2.75) is 11.3 Å². The first-order chi connectivity index (χ1) is 8.69. The van der Waals surface area contributed by atoms with Gasteiger partial charge in [-0.1, -0.05) is 23.9 Å². The molecule has 0 fully saturated rings. The van der Waals surface area contributed by atoms with Crippen molar-refractivity contribution in [3.05, 3.63) is 35.7 Å². The van der Waals surface area contributed by atoms with Crippen molar-refractivity contribution in [1.82, 2.24) is 9.36 Å². The van der Waals surface area contributed by atoms with E-state index in [9.17, 15) is 4.79 Å². The smallest absolute Gasteiger partial charge is 0.173 e. The Balaban J connectivity index is 1.99. The quantitative estimate of drug-likeness (QED) is 0.622. The van der Waals surface area contributed by atoms with Crippen LogP contribution in [0, 0.1) is 6.92 Å². The molecule has 0 saturated heterocycles. The summed E-state index contributed by atoms with van der Waals surface area (Å²) in [6.45, 7) is 1.84. The third-order valence-corrected chi connectivity index (χ3v) is 4.15. The summed E-state index contributed by atoms with van der Waals surface area (Å²) in [7, 11) is 1.59. The van der Waals surface area contributed by atoms with Gasteiger partial charge in [0.1, 0.15) is 11.6 Å². The van der Waals surface area contributed by atoms with Crippen LogP contribution in [0.3, 0.4) is 0 Å². The molecule has 0 atom stereocenters. The lowest BCUT2D eigenvalue weighted by atomic mass is 10.1. The number of hydrogen-bond donors (Lipinski definition) is 0. The molecule has 0 aliphatic carbocycles. The van der Waals surface area contributed by atoms with Crippen LogP contribution in [0.5, 0.6) is 5.75 Å². The van der Waals surface area contributed by atoms with E-state index < -0.39 is 0 Å². The number of Topliss-reactive ketones (excluding diaryl/α,β-unsaturated/α-hetero) is 1. The minimum Gasteiger partial charge on any atom is -0.497 e. The first-order valence-electron chi connectivity index (χ1n) is 5.29. The predicted octanol–water partition coefficient (Wildman–Crippen LogP) is 2.83. The molecular weight excluding hydrogens is 268 g/mol. The molecule has 0 bridgehead atoms. The zero-order valence-electron chi connectivity index (χ0n) is 10.0. The highest BCUT2D eigenvalue weighted by atomic mass is 32.2. The number of hydrogen-bond acceptors (Lipinski definition) is 6. The van der Waals surface area contributed by atoms with Crippen molar-refractivity contribution in [3.8, 4) is 5.75 Å². The summed E-state index contributed by atoms with van der Waals surface area (Å²) in [5, 5.41) is 0. The third-order valence-electron chi connectivity index (χ3n) is 2.23. The fourth-order valence-corrected chi connectivity index (χ4v) is 2.89. The molecule has 0 saturated carbocycles. The lowest BCUT2D eigenvalue weighted by molar-refractivity contribution is 0.102. The molecule has 1 heterocycles. The van der Waals surface area contributed by atoms with Gasteiger partial charge in [-0.05, 0) is 30.6 Å². The van der Waals surface area contributed by atoms with Crippen LogP contribution in [0.25, 0.3) is 0 Å². The molecular formula is C12H12N2O2S2. The highest BCUT2D eigenvalue weighted by molar-refractivity contribution is 8.01. The number of nitrogens with zero attached hydrogens (tertiary/aromatic N) is 2. The molecule has 0 aliphatic rings. The highest BCUT2D eigenvalue weighted by Gasteiger charge is 2.09. The standard InChI is InChI=1S/C12H12N2O2S2/c1-8-13-12(18-14-8)17-7-11(15)9-4-3-5-10(6-9)16-2/h3-6H,7H2,1-2H3. The Morgan fingerprint density at radius 1 is 1.50 bits per heavy atom. The average molecular weight is 280 g/mol. The molecule has 4 nitrogen and oxygen atoms in total. The second kappa shape index (κ2) is 5.97. The fraction of sp³-hybridized carbons (Fsp3) is 0.250. The number of ether oxygens (including phenoxy) is 1. The van der Waals surface area contributed by atoms with Gasteiger partial charge in [0.2, 0.25) is 0 Å². The Morgan fingerprint density at radius 2 is 2.33 bits per heavy atom. The van der Waals surface area contributed by atoms with E-state index in [2.05, 4.69) is 9.36 Å². The summed E-state index contributed by atoms with van der Waals surface area (Å²) >= 11 is 2.73. The number of rotatable bonds is 5. The predicted molar refractivity (Wildman–Crippen MR) is 72.7 cm³/mol. The van der Waals surface area contributed by atoms with Crippen LogP contribution in [0.15, 0.2) is 28.6 Å². The average Bonchev–Trinajstić information content (AvgIpc) is 2.82. The van der Waals surface area contributed by atoms with Crippen molar-refractivity contribution in [1.29, 1.82) is 0 Å². The second-order valence-electron chi connectivity index (χ2n) is 3.55. The second-order valence-corrected chi connectivity index (χ2v) is 5.53. The Kier molecular flexibility index (Phi) is 4.33. The van der Waals surface area contributed by atoms with Crippen LogP contribution in [0.1, 0.15) is 16.2 Å². The van der Waals surface area contributed by atoms with Crippen molar-refractivity contribution >= 4 is 29.1 Å². The molecule has 18 heavy (non-hydrogen) atoms. The maximum atomic E-state index is 12.0. The molecule has 0 spiro atoms. The number of carbonyl (C=O) groups is 1. The normalized spacial score (nSPS) is 10.3. The minimum atomic E-state index is 0.0618. The molecule has 2 aromatic rings. The fourth-order valence-electron chi connectivity index (χ4n) is 1.34. The van der Waals surface area contributed by atoms with Crippen LogP contribution in [0.2, 0.25) is 0 Å². The SMILES string of the molecule is COc1cccc(C(=O)CSc2nc(C)ns2)c1. The van der Waals surface area contributed by atoms with E-state index in [0.717, 1.165) is 10.2 Å². The van der Waals surface area contributed by atoms with Gasteiger partial charge in [0.05, 0.1) is 12.9 Å². The molecule has 6 heteroatoms. The number of thioether (sulfide) groups is 1. The van der Waals surface area contributed by atoms with Gasteiger partial charge in [-0.3, -0.25) is 4.79 Å². The van der Waals surface area contributed by atoms with Gasteiger partial charge in [0.15, 0.2) is 10.1 Å². The van der Waals surface area contributed by atoms with E-state index >= 15 is 0 Å². The Morgan fingerprint density at radius 3 is 3.00 bits per heavy atom. The lowest BCUT2D eigenvalue weighted by Crippen LogP contribution is -2.02. The zero-order chi connectivity index (χ0) is 13.0. The largest absolute Gasteiger partial charge is 0.497 e. The van der Waals surface area contributed by atoms with Crippen LogP contribution >= 0.6 is 23.3 Å². The zero-order valence-corrected chi connectivity index (χ0v) is 11.7. The Bertz CT molecular complexity index is 555.